The number of carbonyl (C=O) groups is 1. The van der Waals surface area contributed by atoms with Crippen LogP contribution in [-0.4, -0.2) is 52.4 Å². The van der Waals surface area contributed by atoms with Gasteiger partial charge in [-0.15, -0.1) is 0 Å². The molecule has 1 amide bonds. The van der Waals surface area contributed by atoms with Gasteiger partial charge in [0.15, 0.2) is 0 Å². The van der Waals surface area contributed by atoms with Crippen LogP contribution in [0, 0.1) is 13.8 Å². The zero-order valence-electron chi connectivity index (χ0n) is 22.6. The van der Waals surface area contributed by atoms with Crippen molar-refractivity contribution in [2.24, 2.45) is 7.05 Å². The summed E-state index contributed by atoms with van der Waals surface area (Å²) in [4.78, 5) is 21.1. The highest BCUT2D eigenvalue weighted by atomic mass is 16.2. The minimum Gasteiger partial charge on any atom is -0.399 e. The van der Waals surface area contributed by atoms with E-state index in [1.807, 2.05) is 18.3 Å². The van der Waals surface area contributed by atoms with Crippen LogP contribution in [-0.2, 0) is 13.6 Å². The van der Waals surface area contributed by atoms with Gasteiger partial charge in [0.1, 0.15) is 5.65 Å². The van der Waals surface area contributed by atoms with Crippen molar-refractivity contribution in [3.05, 3.63) is 82.7 Å². The molecule has 37 heavy (non-hydrogen) atoms. The Labute approximate surface area is 219 Å². The molecule has 0 atom stereocenters. The van der Waals surface area contributed by atoms with Crippen LogP contribution in [0.4, 0.5) is 5.69 Å². The highest BCUT2D eigenvalue weighted by molar-refractivity contribution is 5.96. The third-order valence-corrected chi connectivity index (χ3v) is 7.86. The van der Waals surface area contributed by atoms with E-state index in [2.05, 4.69) is 66.8 Å². The number of carbonyl (C=O) groups excluding carboxylic acids is 1. The third kappa shape index (κ3) is 4.86. The number of benzene rings is 2. The topological polar surface area (TPSA) is 67.4 Å². The maximum atomic E-state index is 12.2. The van der Waals surface area contributed by atoms with E-state index in [1.165, 1.54) is 38.9 Å². The molecule has 192 valence electrons. The van der Waals surface area contributed by atoms with Gasteiger partial charge in [0.2, 0.25) is 0 Å². The number of aryl methyl sites for hydroxylation is 3. The number of likely N-dealkylation sites (tertiary alicyclic amines) is 1. The maximum absolute atomic E-state index is 12.2. The Bertz CT molecular complexity index is 1420. The van der Waals surface area contributed by atoms with Crippen molar-refractivity contribution in [3.63, 3.8) is 0 Å². The number of nitrogens with two attached hydrogens (primary N) is 1. The van der Waals surface area contributed by atoms with E-state index >= 15 is 0 Å². The summed E-state index contributed by atoms with van der Waals surface area (Å²) in [6, 6.07) is 16.8. The number of fused-ring (bicyclic) bond motifs is 1. The van der Waals surface area contributed by atoms with Crippen molar-refractivity contribution >= 4 is 22.6 Å². The number of nitrogens with zero attached hydrogens (tertiary/aromatic N) is 4. The molecule has 1 saturated heterocycles. The van der Waals surface area contributed by atoms with E-state index in [0.717, 1.165) is 49.4 Å². The molecule has 0 bridgehead atoms. The van der Waals surface area contributed by atoms with Gasteiger partial charge in [-0.1, -0.05) is 12.1 Å². The molecule has 6 nitrogen and oxygen atoms in total. The summed E-state index contributed by atoms with van der Waals surface area (Å²) < 4.78 is 2.24. The molecule has 0 saturated carbocycles. The van der Waals surface area contributed by atoms with Gasteiger partial charge >= 0.3 is 0 Å². The largest absolute Gasteiger partial charge is 0.399 e. The molecule has 3 heterocycles. The first-order valence-electron chi connectivity index (χ1n) is 13.1. The van der Waals surface area contributed by atoms with Crippen molar-refractivity contribution in [2.75, 3.05) is 32.9 Å². The van der Waals surface area contributed by atoms with Crippen molar-refractivity contribution in [3.8, 4) is 11.1 Å². The quantitative estimate of drug-likeness (QED) is 0.370. The lowest BCUT2D eigenvalue weighted by molar-refractivity contribution is 0.0827. The lowest BCUT2D eigenvalue weighted by Crippen LogP contribution is -2.33. The highest BCUT2D eigenvalue weighted by Gasteiger charge is 2.23. The SMILES string of the molecule is Cc1cc(N)cc(C)c1-c1ccnc2c1cc(CN1CCC(c3ccc(C(=O)N(C)C)cc3)CC1)n2C. The smallest absolute Gasteiger partial charge is 0.253 e. The van der Waals surface area contributed by atoms with Crippen molar-refractivity contribution < 1.29 is 4.79 Å². The van der Waals surface area contributed by atoms with Gasteiger partial charge in [0.05, 0.1) is 0 Å². The molecule has 0 aliphatic carbocycles. The lowest BCUT2D eigenvalue weighted by atomic mass is 9.89. The molecular formula is C31H37N5O. The molecule has 1 aliphatic rings. The fourth-order valence-corrected chi connectivity index (χ4v) is 5.87. The van der Waals surface area contributed by atoms with Crippen LogP contribution in [0.3, 0.4) is 0 Å². The number of amides is 1. The number of rotatable bonds is 5. The number of piperidine rings is 1. The summed E-state index contributed by atoms with van der Waals surface area (Å²) in [5.41, 5.74) is 16.1. The highest BCUT2D eigenvalue weighted by Crippen LogP contribution is 2.36. The zero-order valence-corrected chi connectivity index (χ0v) is 22.6. The van der Waals surface area contributed by atoms with Crippen molar-refractivity contribution in [1.82, 2.24) is 19.4 Å². The van der Waals surface area contributed by atoms with Crippen LogP contribution in [0.1, 0.15) is 51.5 Å². The maximum Gasteiger partial charge on any atom is 0.253 e. The van der Waals surface area contributed by atoms with E-state index in [0.29, 0.717) is 5.92 Å². The summed E-state index contributed by atoms with van der Waals surface area (Å²) in [7, 11) is 5.71. The summed E-state index contributed by atoms with van der Waals surface area (Å²) in [6.07, 6.45) is 4.16. The summed E-state index contributed by atoms with van der Waals surface area (Å²) in [5, 5.41) is 1.19. The second kappa shape index (κ2) is 10.0. The molecule has 1 fully saturated rings. The molecule has 5 rings (SSSR count). The zero-order chi connectivity index (χ0) is 26.3. The number of nitrogen functional groups attached to an aromatic ring is 1. The van der Waals surface area contributed by atoms with Gasteiger partial charge in [0.25, 0.3) is 5.91 Å². The van der Waals surface area contributed by atoms with Gasteiger partial charge in [-0.3, -0.25) is 9.69 Å². The van der Waals surface area contributed by atoms with Crippen LogP contribution in [0.2, 0.25) is 0 Å². The summed E-state index contributed by atoms with van der Waals surface area (Å²) in [5.74, 6) is 0.590. The molecule has 2 N–H and O–H groups in total. The normalized spacial score (nSPS) is 14.8. The van der Waals surface area contributed by atoms with E-state index in [9.17, 15) is 4.79 Å². The Hall–Kier alpha value is -3.64. The van der Waals surface area contributed by atoms with Crippen LogP contribution in [0.5, 0.6) is 0 Å². The predicted octanol–water partition coefficient (Wildman–Crippen LogP) is 5.52. The van der Waals surface area contributed by atoms with Crippen molar-refractivity contribution in [2.45, 2.75) is 39.2 Å². The molecule has 2 aromatic carbocycles. The molecule has 1 aliphatic heterocycles. The Balaban J connectivity index is 1.32. The van der Waals surface area contributed by atoms with Crippen LogP contribution < -0.4 is 5.73 Å². The van der Waals surface area contributed by atoms with Gasteiger partial charge in [-0.05, 0) is 110 Å². The number of hydrogen-bond donors (Lipinski definition) is 1. The molecule has 2 aromatic heterocycles. The average molecular weight is 496 g/mol. The minimum atomic E-state index is 0.0516. The fourth-order valence-electron chi connectivity index (χ4n) is 5.87. The second-order valence-electron chi connectivity index (χ2n) is 10.7. The number of pyridine rings is 1. The van der Waals surface area contributed by atoms with Crippen LogP contribution in [0.15, 0.2) is 54.7 Å². The standard InChI is InChI=1S/C31H37N5O/c1-20-16-25(32)17-21(2)29(20)27-10-13-33-30-28(27)18-26(35(30)5)19-36-14-11-23(12-15-36)22-6-8-24(9-7-22)31(37)34(3)4/h6-10,13,16-18,23H,11-12,14-15,19,32H2,1-5H3. The molecular weight excluding hydrogens is 458 g/mol. The number of aromatic nitrogens is 2. The van der Waals surface area contributed by atoms with E-state index in [4.69, 9.17) is 10.7 Å². The van der Waals surface area contributed by atoms with E-state index < -0.39 is 0 Å². The Kier molecular flexibility index (Phi) is 6.78. The van der Waals surface area contributed by atoms with Gasteiger partial charge in [0, 0.05) is 56.2 Å². The number of anilines is 1. The Morgan fingerprint density at radius 1 is 1.03 bits per heavy atom. The Morgan fingerprint density at radius 2 is 1.68 bits per heavy atom. The third-order valence-electron chi connectivity index (χ3n) is 7.86. The molecule has 0 unspecified atom stereocenters. The monoisotopic (exact) mass is 495 g/mol. The molecule has 0 spiro atoms. The van der Waals surface area contributed by atoms with Crippen LogP contribution in [0.25, 0.3) is 22.2 Å². The van der Waals surface area contributed by atoms with E-state index in [1.54, 1.807) is 19.0 Å². The number of hydrogen-bond acceptors (Lipinski definition) is 4. The summed E-state index contributed by atoms with van der Waals surface area (Å²) in [6.45, 7) is 7.29. The first-order chi connectivity index (χ1) is 17.7. The van der Waals surface area contributed by atoms with E-state index in [-0.39, 0.29) is 5.91 Å². The minimum absolute atomic E-state index is 0.0516. The second-order valence-corrected chi connectivity index (χ2v) is 10.7. The summed E-state index contributed by atoms with van der Waals surface area (Å²) >= 11 is 0. The Morgan fingerprint density at radius 3 is 2.30 bits per heavy atom. The molecule has 4 aromatic rings. The molecule has 6 heteroatoms. The van der Waals surface area contributed by atoms with Crippen LogP contribution >= 0.6 is 0 Å². The van der Waals surface area contributed by atoms with Gasteiger partial charge in [-0.25, -0.2) is 4.98 Å². The van der Waals surface area contributed by atoms with Gasteiger partial charge in [-0.2, -0.15) is 0 Å². The first kappa shape index (κ1) is 25.0. The first-order valence-corrected chi connectivity index (χ1v) is 13.1. The molecule has 0 radical (unpaired) electrons. The fraction of sp³-hybridized carbons (Fsp3) is 0.355. The van der Waals surface area contributed by atoms with Crippen molar-refractivity contribution in [1.29, 1.82) is 0 Å². The predicted molar refractivity (Wildman–Crippen MR) is 152 cm³/mol. The van der Waals surface area contributed by atoms with Gasteiger partial charge < -0.3 is 15.2 Å². The lowest BCUT2D eigenvalue weighted by Gasteiger charge is -2.32. The average Bonchev–Trinajstić information content (AvgIpc) is 3.19.